The predicted octanol–water partition coefficient (Wildman–Crippen LogP) is 3.51. The third-order valence-corrected chi connectivity index (χ3v) is 4.18. The van der Waals surface area contributed by atoms with E-state index in [1.807, 2.05) is 38.1 Å². The average molecular weight is 420 g/mol. The summed E-state index contributed by atoms with van der Waals surface area (Å²) in [6.45, 7) is 7.32. The van der Waals surface area contributed by atoms with Gasteiger partial charge in [-0.25, -0.2) is 4.79 Å². The van der Waals surface area contributed by atoms with Gasteiger partial charge in [-0.2, -0.15) is 5.26 Å². The Morgan fingerprint density at radius 2 is 1.90 bits per heavy atom. The Balaban J connectivity index is 2.10. The molecule has 0 aromatic heterocycles. The smallest absolute Gasteiger partial charge is 0.349 e. The first-order valence-electron chi connectivity index (χ1n) is 9.47. The number of methoxy groups -OCH3 is 1. The van der Waals surface area contributed by atoms with E-state index in [4.69, 9.17) is 14.2 Å². The lowest BCUT2D eigenvalue weighted by atomic mass is 10.1. The molecule has 1 amide bonds. The zero-order valence-electron chi connectivity index (χ0n) is 17.7. The molecule has 0 unspecified atom stereocenters. The average Bonchev–Trinajstić information content (AvgIpc) is 2.77. The van der Waals surface area contributed by atoms with E-state index in [0.717, 1.165) is 11.1 Å². The first-order chi connectivity index (χ1) is 14.9. The van der Waals surface area contributed by atoms with Crippen LogP contribution in [0, 0.1) is 25.2 Å². The zero-order valence-corrected chi connectivity index (χ0v) is 17.7. The number of esters is 1. The summed E-state index contributed by atoms with van der Waals surface area (Å²) >= 11 is 0. The van der Waals surface area contributed by atoms with Gasteiger partial charge in [-0.05, 0) is 54.8 Å². The van der Waals surface area contributed by atoms with Crippen molar-refractivity contribution in [3.05, 3.63) is 71.3 Å². The zero-order chi connectivity index (χ0) is 22.8. The molecule has 0 aliphatic rings. The third kappa shape index (κ3) is 6.75. The molecule has 0 heterocycles. The van der Waals surface area contributed by atoms with E-state index in [0.29, 0.717) is 11.3 Å². The number of nitrogens with one attached hydrogen (secondary N) is 1. The molecule has 31 heavy (non-hydrogen) atoms. The maximum absolute atomic E-state index is 12.2. The lowest BCUT2D eigenvalue weighted by molar-refractivity contribution is -0.136. The van der Waals surface area contributed by atoms with E-state index in [2.05, 4.69) is 11.9 Å². The van der Waals surface area contributed by atoms with Crippen molar-refractivity contribution >= 4 is 18.0 Å². The Kier molecular flexibility index (Phi) is 8.41. The van der Waals surface area contributed by atoms with Gasteiger partial charge in [0, 0.05) is 6.54 Å². The summed E-state index contributed by atoms with van der Waals surface area (Å²) in [5, 5.41) is 11.8. The molecule has 2 aromatic rings. The number of hydrogen-bond acceptors (Lipinski definition) is 6. The Labute approximate surface area is 181 Å². The second-order valence-electron chi connectivity index (χ2n) is 6.61. The van der Waals surface area contributed by atoms with E-state index in [1.165, 1.54) is 25.3 Å². The normalized spacial score (nSPS) is 10.6. The molecule has 0 aliphatic heterocycles. The molecule has 7 heteroatoms. The molecule has 0 radical (unpaired) electrons. The van der Waals surface area contributed by atoms with Crippen molar-refractivity contribution < 1.29 is 23.8 Å². The SMILES string of the molecule is C=CCNC(=O)C(C#N)=Cc1ccc(OC(=O)COc2cc(C)ccc2C)c(OC)c1. The number of carbonyl (C=O) groups excluding carboxylic acids is 2. The van der Waals surface area contributed by atoms with Gasteiger partial charge < -0.3 is 19.5 Å². The number of nitriles is 1. The molecular formula is C24H24N2O5. The Bertz CT molecular complexity index is 1050. The molecule has 2 aromatic carbocycles. The Hall–Kier alpha value is -4.05. The fraction of sp³-hybridized carbons (Fsp3) is 0.208. The quantitative estimate of drug-likeness (QED) is 0.219. The van der Waals surface area contributed by atoms with E-state index < -0.39 is 11.9 Å². The minimum absolute atomic E-state index is 0.0735. The summed E-state index contributed by atoms with van der Waals surface area (Å²) in [6.07, 6.45) is 2.93. The number of hydrogen-bond donors (Lipinski definition) is 1. The number of carbonyl (C=O) groups is 2. The number of aryl methyl sites for hydroxylation is 2. The minimum Gasteiger partial charge on any atom is -0.493 e. The van der Waals surface area contributed by atoms with E-state index in [9.17, 15) is 14.9 Å². The van der Waals surface area contributed by atoms with Gasteiger partial charge in [0.05, 0.1) is 7.11 Å². The highest BCUT2D eigenvalue weighted by Gasteiger charge is 2.13. The first kappa shape index (κ1) is 23.2. The van der Waals surface area contributed by atoms with Crippen LogP contribution in [0.4, 0.5) is 0 Å². The van der Waals surface area contributed by atoms with Crippen LogP contribution in [0.2, 0.25) is 0 Å². The summed E-state index contributed by atoms with van der Waals surface area (Å²) in [5.74, 6) is -0.0194. The van der Waals surface area contributed by atoms with Crippen molar-refractivity contribution in [2.45, 2.75) is 13.8 Å². The molecule has 0 saturated carbocycles. The van der Waals surface area contributed by atoms with Crippen molar-refractivity contribution in [1.29, 1.82) is 5.26 Å². The van der Waals surface area contributed by atoms with Gasteiger partial charge in [0.2, 0.25) is 0 Å². The van der Waals surface area contributed by atoms with Crippen LogP contribution in [0.15, 0.2) is 54.6 Å². The van der Waals surface area contributed by atoms with Crippen LogP contribution < -0.4 is 19.5 Å². The molecule has 0 saturated heterocycles. The van der Waals surface area contributed by atoms with Crippen LogP contribution in [0.1, 0.15) is 16.7 Å². The fourth-order valence-corrected chi connectivity index (χ4v) is 2.59. The maximum atomic E-state index is 12.2. The summed E-state index contributed by atoms with van der Waals surface area (Å²) in [5.41, 5.74) is 2.40. The largest absolute Gasteiger partial charge is 0.493 e. The molecule has 2 rings (SSSR count). The first-order valence-corrected chi connectivity index (χ1v) is 9.47. The van der Waals surface area contributed by atoms with Crippen molar-refractivity contribution in [2.24, 2.45) is 0 Å². The molecule has 0 fully saturated rings. The third-order valence-electron chi connectivity index (χ3n) is 4.18. The molecule has 1 N–H and O–H groups in total. The van der Waals surface area contributed by atoms with Gasteiger partial charge in [0.1, 0.15) is 17.4 Å². The van der Waals surface area contributed by atoms with Crippen LogP contribution in [-0.2, 0) is 9.59 Å². The van der Waals surface area contributed by atoms with Gasteiger partial charge in [0.15, 0.2) is 18.1 Å². The molecule has 0 atom stereocenters. The second kappa shape index (κ2) is 11.2. The van der Waals surface area contributed by atoms with Crippen LogP contribution in [0.25, 0.3) is 6.08 Å². The molecule has 0 spiro atoms. The predicted molar refractivity (Wildman–Crippen MR) is 117 cm³/mol. The monoisotopic (exact) mass is 420 g/mol. The topological polar surface area (TPSA) is 97.7 Å². The van der Waals surface area contributed by atoms with Crippen molar-refractivity contribution in [3.63, 3.8) is 0 Å². The van der Waals surface area contributed by atoms with E-state index in [-0.39, 0.29) is 30.2 Å². The number of rotatable bonds is 9. The van der Waals surface area contributed by atoms with Crippen LogP contribution in [0.3, 0.4) is 0 Å². The molecular weight excluding hydrogens is 396 g/mol. The van der Waals surface area contributed by atoms with Crippen LogP contribution in [-0.4, -0.2) is 32.1 Å². The highest BCUT2D eigenvalue weighted by Crippen LogP contribution is 2.29. The van der Waals surface area contributed by atoms with Gasteiger partial charge in [-0.15, -0.1) is 6.58 Å². The molecule has 7 nitrogen and oxygen atoms in total. The van der Waals surface area contributed by atoms with Gasteiger partial charge in [0.25, 0.3) is 5.91 Å². The summed E-state index contributed by atoms with van der Waals surface area (Å²) in [4.78, 5) is 24.2. The number of nitrogens with zero attached hydrogens (tertiary/aromatic N) is 1. The lowest BCUT2D eigenvalue weighted by Gasteiger charge is -2.12. The number of ether oxygens (including phenoxy) is 3. The number of benzene rings is 2. The van der Waals surface area contributed by atoms with Crippen LogP contribution >= 0.6 is 0 Å². The molecule has 0 aliphatic carbocycles. The van der Waals surface area contributed by atoms with Crippen LogP contribution in [0.5, 0.6) is 17.2 Å². The second-order valence-corrected chi connectivity index (χ2v) is 6.61. The molecule has 160 valence electrons. The molecule has 0 bridgehead atoms. The van der Waals surface area contributed by atoms with Gasteiger partial charge >= 0.3 is 5.97 Å². The van der Waals surface area contributed by atoms with Crippen molar-refractivity contribution in [2.75, 3.05) is 20.3 Å². The van der Waals surface area contributed by atoms with E-state index >= 15 is 0 Å². The number of amides is 1. The highest BCUT2D eigenvalue weighted by atomic mass is 16.6. The summed E-state index contributed by atoms with van der Waals surface area (Å²) < 4.78 is 16.2. The van der Waals surface area contributed by atoms with Crippen molar-refractivity contribution in [3.8, 4) is 23.3 Å². The maximum Gasteiger partial charge on any atom is 0.349 e. The highest BCUT2D eigenvalue weighted by molar-refractivity contribution is 6.01. The van der Waals surface area contributed by atoms with Gasteiger partial charge in [-0.1, -0.05) is 24.3 Å². The van der Waals surface area contributed by atoms with Crippen molar-refractivity contribution in [1.82, 2.24) is 5.32 Å². The van der Waals surface area contributed by atoms with Gasteiger partial charge in [-0.3, -0.25) is 4.79 Å². The fourth-order valence-electron chi connectivity index (χ4n) is 2.59. The minimum atomic E-state index is -0.594. The summed E-state index contributed by atoms with van der Waals surface area (Å²) in [6, 6.07) is 12.3. The Morgan fingerprint density at radius 1 is 1.13 bits per heavy atom. The Morgan fingerprint density at radius 3 is 2.58 bits per heavy atom. The van der Waals surface area contributed by atoms with E-state index in [1.54, 1.807) is 12.1 Å². The standard InChI is InChI=1S/C24H24N2O5/c1-5-10-26-24(28)19(14-25)12-18-8-9-20(22(13-18)29-4)31-23(27)15-30-21-11-16(2)6-7-17(21)3/h5-9,11-13H,1,10,15H2,2-4H3,(H,26,28). The summed E-state index contributed by atoms with van der Waals surface area (Å²) in [7, 11) is 1.43. The lowest BCUT2D eigenvalue weighted by Crippen LogP contribution is -2.24.